The maximum absolute atomic E-state index is 13.7. The van der Waals surface area contributed by atoms with Crippen LogP contribution in [-0.4, -0.2) is 51.9 Å². The smallest absolute Gasteiger partial charge is 0.350 e. The summed E-state index contributed by atoms with van der Waals surface area (Å²) < 4.78 is 10.4. The van der Waals surface area contributed by atoms with Gasteiger partial charge in [-0.2, -0.15) is 0 Å². The molecule has 3 N–H and O–H groups in total. The summed E-state index contributed by atoms with van der Waals surface area (Å²) in [6, 6.07) is 5.24. The van der Waals surface area contributed by atoms with Gasteiger partial charge in [0.2, 0.25) is 5.78 Å². The van der Waals surface area contributed by atoms with Gasteiger partial charge >= 0.3 is 5.97 Å². The van der Waals surface area contributed by atoms with Crippen LogP contribution in [0.25, 0.3) is 0 Å². The van der Waals surface area contributed by atoms with E-state index in [1.165, 1.54) is 4.90 Å². The maximum Gasteiger partial charge on any atom is 0.350 e. The zero-order chi connectivity index (χ0) is 27.7. The van der Waals surface area contributed by atoms with Crippen molar-refractivity contribution in [1.29, 1.82) is 0 Å². The third-order valence-electron chi connectivity index (χ3n) is 5.59. The molecular formula is C25H24N4O7S2. The molecule has 198 valence electrons. The van der Waals surface area contributed by atoms with Crippen LogP contribution in [0, 0.1) is 20.8 Å². The van der Waals surface area contributed by atoms with E-state index in [-0.39, 0.29) is 28.8 Å². The van der Waals surface area contributed by atoms with E-state index in [2.05, 4.69) is 9.97 Å². The first-order chi connectivity index (χ1) is 18.0. The molecule has 0 saturated carbocycles. The number of amides is 2. The minimum Gasteiger partial charge on any atom is -0.503 e. The second-order valence-corrected chi connectivity index (χ2v) is 10.5. The minimum atomic E-state index is -1.07. The van der Waals surface area contributed by atoms with Gasteiger partial charge in [0.15, 0.2) is 17.5 Å². The van der Waals surface area contributed by atoms with Crippen LogP contribution in [0.3, 0.4) is 0 Å². The van der Waals surface area contributed by atoms with Crippen molar-refractivity contribution in [3.63, 3.8) is 0 Å². The Morgan fingerprint density at radius 1 is 1.05 bits per heavy atom. The first-order valence-corrected chi connectivity index (χ1v) is 13.1. The number of aliphatic hydroxyl groups excluding tert-OH is 1. The molecule has 1 aliphatic heterocycles. The van der Waals surface area contributed by atoms with Gasteiger partial charge in [-0.1, -0.05) is 23.5 Å². The number of ether oxygens (including phenoxy) is 2. The lowest BCUT2D eigenvalue weighted by Gasteiger charge is -2.24. The molecule has 13 heteroatoms. The Morgan fingerprint density at radius 3 is 2.29 bits per heavy atom. The summed E-state index contributed by atoms with van der Waals surface area (Å²) in [5.74, 6) is -2.99. The van der Waals surface area contributed by atoms with E-state index < -0.39 is 35.4 Å². The van der Waals surface area contributed by atoms with Crippen LogP contribution in [0.1, 0.15) is 54.3 Å². The molecule has 2 amide bonds. The average Bonchev–Trinajstić information content (AvgIpc) is 3.50. The van der Waals surface area contributed by atoms with E-state index in [1.807, 2.05) is 0 Å². The van der Waals surface area contributed by atoms with Gasteiger partial charge in [-0.15, -0.1) is 11.3 Å². The number of rotatable bonds is 9. The van der Waals surface area contributed by atoms with Gasteiger partial charge in [0.1, 0.15) is 10.6 Å². The molecule has 1 aromatic carbocycles. The minimum absolute atomic E-state index is 0.112. The fourth-order valence-electron chi connectivity index (χ4n) is 3.99. The van der Waals surface area contributed by atoms with Gasteiger partial charge in [-0.3, -0.25) is 19.3 Å². The Kier molecular flexibility index (Phi) is 7.60. The lowest BCUT2D eigenvalue weighted by molar-refractivity contribution is -0.120. The maximum atomic E-state index is 13.7. The van der Waals surface area contributed by atoms with Crippen LogP contribution < -0.4 is 15.4 Å². The summed E-state index contributed by atoms with van der Waals surface area (Å²) in [6.07, 6.45) is 0. The number of Topliss-reactive ketones (excluding diaryl/α,β-unsaturated/α-hetero) is 1. The lowest BCUT2D eigenvalue weighted by atomic mass is 9.95. The molecule has 0 saturated heterocycles. The summed E-state index contributed by atoms with van der Waals surface area (Å²) in [4.78, 5) is 61.0. The molecular weight excluding hydrogens is 532 g/mol. The number of nitrogens with zero attached hydrogens (tertiary/aromatic N) is 3. The van der Waals surface area contributed by atoms with Crippen LogP contribution in [0.5, 0.6) is 5.75 Å². The number of thiazole rings is 2. The molecule has 11 nitrogen and oxygen atoms in total. The molecule has 3 aromatic rings. The van der Waals surface area contributed by atoms with E-state index in [0.717, 1.165) is 22.7 Å². The van der Waals surface area contributed by atoms with Crippen LogP contribution in [0.15, 0.2) is 35.6 Å². The fourth-order valence-corrected chi connectivity index (χ4v) is 5.85. The van der Waals surface area contributed by atoms with Crippen LogP contribution in [0.2, 0.25) is 0 Å². The molecule has 0 spiro atoms. The Bertz CT molecular complexity index is 1470. The number of benzene rings is 1. The van der Waals surface area contributed by atoms with Crippen molar-refractivity contribution < 1.29 is 33.8 Å². The summed E-state index contributed by atoms with van der Waals surface area (Å²) >= 11 is 2.09. The van der Waals surface area contributed by atoms with Crippen molar-refractivity contribution in [3.05, 3.63) is 67.3 Å². The van der Waals surface area contributed by atoms with E-state index in [0.29, 0.717) is 32.6 Å². The number of primary amides is 1. The Hall–Kier alpha value is -4.10. The Labute approximate surface area is 225 Å². The van der Waals surface area contributed by atoms with Crippen LogP contribution in [0.4, 0.5) is 5.13 Å². The number of aryl methyl sites for hydroxylation is 3. The number of esters is 1. The number of hydrogen-bond acceptors (Lipinski definition) is 11. The van der Waals surface area contributed by atoms with Gasteiger partial charge in [-0.05, 0) is 45.4 Å². The third-order valence-corrected chi connectivity index (χ3v) is 7.80. The number of nitrogens with two attached hydrogens (primary N) is 1. The van der Waals surface area contributed by atoms with E-state index in [4.69, 9.17) is 15.2 Å². The highest BCUT2D eigenvalue weighted by molar-refractivity contribution is 7.17. The SMILES string of the molecule is CCOC(=O)c1sc(N2C(=O)C(O)=C(C(=O)c3sc(C)nc3C)C2c2ccc(OCC(N)=O)cc2)nc1C. The van der Waals surface area contributed by atoms with Crippen molar-refractivity contribution in [2.45, 2.75) is 33.7 Å². The number of anilines is 1. The van der Waals surface area contributed by atoms with Gasteiger partial charge in [0.25, 0.3) is 11.8 Å². The molecule has 0 fully saturated rings. The van der Waals surface area contributed by atoms with Crippen molar-refractivity contribution >= 4 is 51.4 Å². The predicted molar refractivity (Wildman–Crippen MR) is 140 cm³/mol. The second-order valence-electron chi connectivity index (χ2n) is 8.27. The molecule has 38 heavy (non-hydrogen) atoms. The summed E-state index contributed by atoms with van der Waals surface area (Å²) in [7, 11) is 0. The summed E-state index contributed by atoms with van der Waals surface area (Å²) in [5, 5.41) is 11.8. The second kappa shape index (κ2) is 10.7. The summed E-state index contributed by atoms with van der Waals surface area (Å²) in [5.41, 5.74) is 6.28. The molecule has 1 aliphatic rings. The zero-order valence-electron chi connectivity index (χ0n) is 20.9. The number of aromatic nitrogens is 2. The normalized spacial score (nSPS) is 15.2. The highest BCUT2D eigenvalue weighted by Gasteiger charge is 2.46. The van der Waals surface area contributed by atoms with E-state index in [1.54, 1.807) is 52.0 Å². The Morgan fingerprint density at radius 2 is 1.71 bits per heavy atom. The number of ketones is 1. The molecule has 3 heterocycles. The number of hydrogen-bond donors (Lipinski definition) is 2. The van der Waals surface area contributed by atoms with Gasteiger partial charge in [-0.25, -0.2) is 14.8 Å². The van der Waals surface area contributed by atoms with Gasteiger partial charge in [0.05, 0.1) is 39.5 Å². The molecule has 4 rings (SSSR count). The average molecular weight is 557 g/mol. The quantitative estimate of drug-likeness (QED) is 0.297. The number of carbonyl (C=O) groups is 4. The molecule has 0 aliphatic carbocycles. The molecule has 0 radical (unpaired) electrons. The first-order valence-electron chi connectivity index (χ1n) is 11.4. The molecule has 1 atom stereocenters. The van der Waals surface area contributed by atoms with Crippen molar-refractivity contribution in [2.24, 2.45) is 5.73 Å². The van der Waals surface area contributed by atoms with Crippen molar-refractivity contribution in [2.75, 3.05) is 18.1 Å². The van der Waals surface area contributed by atoms with Crippen LogP contribution in [-0.2, 0) is 14.3 Å². The fraction of sp³-hybridized carbons (Fsp3) is 0.280. The highest BCUT2D eigenvalue weighted by atomic mass is 32.1. The highest BCUT2D eigenvalue weighted by Crippen LogP contribution is 2.44. The predicted octanol–water partition coefficient (Wildman–Crippen LogP) is 3.35. The summed E-state index contributed by atoms with van der Waals surface area (Å²) in [6.45, 7) is 6.56. The van der Waals surface area contributed by atoms with E-state index >= 15 is 0 Å². The van der Waals surface area contributed by atoms with Gasteiger partial charge in [0, 0.05) is 0 Å². The Balaban J connectivity index is 1.82. The first kappa shape index (κ1) is 26.9. The monoisotopic (exact) mass is 556 g/mol. The lowest BCUT2D eigenvalue weighted by Crippen LogP contribution is -2.31. The van der Waals surface area contributed by atoms with Crippen molar-refractivity contribution in [1.82, 2.24) is 9.97 Å². The number of carbonyl (C=O) groups excluding carboxylic acids is 4. The van der Waals surface area contributed by atoms with Crippen molar-refractivity contribution in [3.8, 4) is 5.75 Å². The zero-order valence-corrected chi connectivity index (χ0v) is 22.6. The number of aliphatic hydroxyl groups is 1. The molecule has 2 aromatic heterocycles. The molecule has 1 unspecified atom stereocenters. The third kappa shape index (κ3) is 5.02. The van der Waals surface area contributed by atoms with Crippen LogP contribution >= 0.6 is 22.7 Å². The largest absolute Gasteiger partial charge is 0.503 e. The van der Waals surface area contributed by atoms with Gasteiger partial charge < -0.3 is 20.3 Å². The standard InChI is InChI=1S/C25H24N4O7S2/c1-5-35-24(34)22-12(3)28-25(38-22)29-18(14-6-8-15(9-7-14)36-10-16(26)30)17(20(32)23(29)33)19(31)21-11(2)27-13(4)37-21/h6-9,18,32H,5,10H2,1-4H3,(H2,26,30). The van der Waals surface area contributed by atoms with E-state index in [9.17, 15) is 24.3 Å². The molecule has 0 bridgehead atoms. The topological polar surface area (TPSA) is 162 Å².